The lowest BCUT2D eigenvalue weighted by Gasteiger charge is -2.16. The first-order valence-corrected chi connectivity index (χ1v) is 6.13. The molecule has 4 heteroatoms. The molecule has 1 amide bonds. The van der Waals surface area contributed by atoms with Gasteiger partial charge < -0.3 is 14.1 Å². The second-order valence-electron chi connectivity index (χ2n) is 4.50. The average molecular weight is 237 g/mol. The number of carbonyl (C=O) groups is 1. The van der Waals surface area contributed by atoms with Crippen LogP contribution in [-0.4, -0.2) is 30.6 Å². The maximum Gasteiger partial charge on any atom is 0.222 e. The summed E-state index contributed by atoms with van der Waals surface area (Å²) in [6.07, 6.45) is 5.52. The summed E-state index contributed by atoms with van der Waals surface area (Å²) in [5.41, 5.74) is 0. The maximum absolute atomic E-state index is 11.9. The van der Waals surface area contributed by atoms with E-state index in [0.717, 1.165) is 31.6 Å². The maximum atomic E-state index is 11.9. The monoisotopic (exact) mass is 237 g/mol. The largest absolute Gasteiger partial charge is 0.467 e. The van der Waals surface area contributed by atoms with Gasteiger partial charge in [-0.15, -0.1) is 0 Å². The van der Waals surface area contributed by atoms with E-state index in [-0.39, 0.29) is 12.0 Å². The van der Waals surface area contributed by atoms with E-state index in [9.17, 15) is 4.79 Å². The highest BCUT2D eigenvalue weighted by Gasteiger charge is 2.18. The zero-order valence-corrected chi connectivity index (χ0v) is 10.2. The van der Waals surface area contributed by atoms with Gasteiger partial charge in [-0.05, 0) is 31.4 Å². The molecule has 0 saturated carbocycles. The Kier molecular flexibility index (Phi) is 4.20. The van der Waals surface area contributed by atoms with E-state index in [2.05, 4.69) is 0 Å². The minimum atomic E-state index is 0.150. The molecule has 1 aliphatic heterocycles. The molecule has 17 heavy (non-hydrogen) atoms. The van der Waals surface area contributed by atoms with Crippen molar-refractivity contribution in [1.29, 1.82) is 0 Å². The van der Waals surface area contributed by atoms with Crippen LogP contribution in [0.15, 0.2) is 22.8 Å². The molecule has 94 valence electrons. The van der Waals surface area contributed by atoms with Gasteiger partial charge >= 0.3 is 0 Å². The molecule has 0 bridgehead atoms. The summed E-state index contributed by atoms with van der Waals surface area (Å²) in [7, 11) is 1.81. The van der Waals surface area contributed by atoms with Crippen LogP contribution in [0, 0.1) is 0 Å². The molecule has 0 aromatic carbocycles. The van der Waals surface area contributed by atoms with Crippen molar-refractivity contribution in [3.8, 4) is 0 Å². The Labute approximate surface area is 102 Å². The first kappa shape index (κ1) is 12.2. The Balaban J connectivity index is 1.71. The van der Waals surface area contributed by atoms with Crippen molar-refractivity contribution < 1.29 is 13.9 Å². The summed E-state index contributed by atoms with van der Waals surface area (Å²) >= 11 is 0. The van der Waals surface area contributed by atoms with Crippen molar-refractivity contribution in [3.63, 3.8) is 0 Å². The highest BCUT2D eigenvalue weighted by Crippen LogP contribution is 2.17. The molecule has 1 saturated heterocycles. The Bertz CT molecular complexity index is 342. The van der Waals surface area contributed by atoms with Crippen molar-refractivity contribution in [2.75, 3.05) is 13.7 Å². The molecule has 0 aliphatic carbocycles. The third-order valence-corrected chi connectivity index (χ3v) is 3.10. The second kappa shape index (κ2) is 5.87. The first-order valence-electron chi connectivity index (χ1n) is 6.13. The minimum absolute atomic E-state index is 0.150. The van der Waals surface area contributed by atoms with Crippen molar-refractivity contribution >= 4 is 5.91 Å². The molecule has 1 aliphatic rings. The van der Waals surface area contributed by atoms with Crippen LogP contribution in [-0.2, 0) is 16.1 Å². The number of rotatable bonds is 5. The van der Waals surface area contributed by atoms with E-state index in [0.29, 0.717) is 13.0 Å². The number of ether oxygens (including phenoxy) is 1. The Morgan fingerprint density at radius 2 is 2.47 bits per heavy atom. The van der Waals surface area contributed by atoms with Crippen molar-refractivity contribution in [3.05, 3.63) is 24.2 Å². The number of amides is 1. The van der Waals surface area contributed by atoms with Crippen molar-refractivity contribution in [1.82, 2.24) is 4.90 Å². The summed E-state index contributed by atoms with van der Waals surface area (Å²) in [4.78, 5) is 13.6. The van der Waals surface area contributed by atoms with Crippen LogP contribution >= 0.6 is 0 Å². The number of nitrogens with zero attached hydrogens (tertiary/aromatic N) is 1. The van der Waals surface area contributed by atoms with E-state index in [1.807, 2.05) is 12.1 Å². The molecule has 1 aromatic rings. The standard InChI is InChI=1S/C13H19NO3/c1-14(10-12-5-3-9-17-12)13(15)7-6-11-4-2-8-16-11/h3,5,9,11H,2,4,6-8,10H2,1H3. The van der Waals surface area contributed by atoms with Crippen LogP contribution in [0.3, 0.4) is 0 Å². The normalized spacial score (nSPS) is 19.5. The summed E-state index contributed by atoms with van der Waals surface area (Å²) in [5, 5.41) is 0. The third-order valence-electron chi connectivity index (χ3n) is 3.10. The molecule has 1 atom stereocenters. The van der Waals surface area contributed by atoms with E-state index >= 15 is 0 Å². The highest BCUT2D eigenvalue weighted by molar-refractivity contribution is 5.75. The molecule has 1 aromatic heterocycles. The van der Waals surface area contributed by atoms with Gasteiger partial charge in [-0.25, -0.2) is 0 Å². The zero-order valence-electron chi connectivity index (χ0n) is 10.2. The molecule has 1 fully saturated rings. The Morgan fingerprint density at radius 1 is 1.59 bits per heavy atom. The third kappa shape index (κ3) is 3.60. The van der Waals surface area contributed by atoms with Gasteiger partial charge in [0.05, 0.1) is 18.9 Å². The predicted molar refractivity (Wildman–Crippen MR) is 63.4 cm³/mol. The van der Waals surface area contributed by atoms with Gasteiger partial charge in [0.1, 0.15) is 5.76 Å². The molecular formula is C13H19NO3. The summed E-state index contributed by atoms with van der Waals surface area (Å²) in [5.74, 6) is 0.967. The molecular weight excluding hydrogens is 218 g/mol. The molecule has 0 spiro atoms. The van der Waals surface area contributed by atoms with E-state index in [1.54, 1.807) is 18.2 Å². The number of hydrogen-bond acceptors (Lipinski definition) is 3. The van der Waals surface area contributed by atoms with Crippen LogP contribution in [0.5, 0.6) is 0 Å². The summed E-state index contributed by atoms with van der Waals surface area (Å²) < 4.78 is 10.7. The molecule has 2 rings (SSSR count). The fourth-order valence-corrected chi connectivity index (χ4v) is 2.07. The summed E-state index contributed by atoms with van der Waals surface area (Å²) in [6.45, 7) is 1.39. The average Bonchev–Trinajstić information content (AvgIpc) is 2.98. The fourth-order valence-electron chi connectivity index (χ4n) is 2.07. The van der Waals surface area contributed by atoms with Crippen LogP contribution in [0.1, 0.15) is 31.4 Å². The van der Waals surface area contributed by atoms with E-state index in [1.165, 1.54) is 0 Å². The highest BCUT2D eigenvalue weighted by atomic mass is 16.5. The van der Waals surface area contributed by atoms with Crippen molar-refractivity contribution in [2.45, 2.75) is 38.3 Å². The van der Waals surface area contributed by atoms with E-state index < -0.39 is 0 Å². The number of hydrogen-bond donors (Lipinski definition) is 0. The molecule has 4 nitrogen and oxygen atoms in total. The van der Waals surface area contributed by atoms with Gasteiger partial charge in [0, 0.05) is 20.1 Å². The summed E-state index contributed by atoms with van der Waals surface area (Å²) in [6, 6.07) is 3.71. The van der Waals surface area contributed by atoms with E-state index in [4.69, 9.17) is 9.15 Å². The molecule has 0 N–H and O–H groups in total. The zero-order chi connectivity index (χ0) is 12.1. The van der Waals surface area contributed by atoms with Gasteiger partial charge in [-0.3, -0.25) is 4.79 Å². The quantitative estimate of drug-likeness (QED) is 0.788. The fraction of sp³-hybridized carbons (Fsp3) is 0.615. The first-order chi connectivity index (χ1) is 8.25. The lowest BCUT2D eigenvalue weighted by atomic mass is 10.1. The topological polar surface area (TPSA) is 42.7 Å². The Hall–Kier alpha value is -1.29. The SMILES string of the molecule is CN(Cc1ccco1)C(=O)CCC1CCCO1. The Morgan fingerprint density at radius 3 is 3.12 bits per heavy atom. The molecule has 0 radical (unpaired) electrons. The predicted octanol–water partition coefficient (Wildman–Crippen LogP) is 2.20. The lowest BCUT2D eigenvalue weighted by molar-refractivity contribution is -0.131. The van der Waals surface area contributed by atoms with Gasteiger partial charge in [0.25, 0.3) is 0 Å². The molecule has 2 heterocycles. The van der Waals surface area contributed by atoms with Gasteiger partial charge in [0.15, 0.2) is 0 Å². The van der Waals surface area contributed by atoms with Gasteiger partial charge in [-0.1, -0.05) is 0 Å². The van der Waals surface area contributed by atoms with Crippen LogP contribution in [0.4, 0.5) is 0 Å². The van der Waals surface area contributed by atoms with Crippen LogP contribution < -0.4 is 0 Å². The van der Waals surface area contributed by atoms with Gasteiger partial charge in [-0.2, -0.15) is 0 Å². The van der Waals surface area contributed by atoms with Crippen LogP contribution in [0.25, 0.3) is 0 Å². The van der Waals surface area contributed by atoms with Gasteiger partial charge in [0.2, 0.25) is 5.91 Å². The lowest BCUT2D eigenvalue weighted by Crippen LogP contribution is -2.26. The number of furan rings is 1. The smallest absolute Gasteiger partial charge is 0.222 e. The van der Waals surface area contributed by atoms with Crippen molar-refractivity contribution in [2.24, 2.45) is 0 Å². The number of carbonyl (C=O) groups excluding carboxylic acids is 1. The second-order valence-corrected chi connectivity index (χ2v) is 4.50. The molecule has 1 unspecified atom stereocenters. The van der Waals surface area contributed by atoms with Crippen LogP contribution in [0.2, 0.25) is 0 Å². The minimum Gasteiger partial charge on any atom is -0.467 e.